The van der Waals surface area contributed by atoms with Crippen LogP contribution in [0.2, 0.25) is 0 Å². The topological polar surface area (TPSA) is 160 Å². The summed E-state index contributed by atoms with van der Waals surface area (Å²) in [7, 11) is 7.72. The second-order valence-corrected chi connectivity index (χ2v) is 13.2. The van der Waals surface area contributed by atoms with Gasteiger partial charge in [-0.25, -0.2) is 9.59 Å². The number of aromatic amines is 1. The first-order chi connectivity index (χ1) is 27.5. The number of fused-ring (bicyclic) bond motifs is 4. The smallest absolute Gasteiger partial charge is 0.415 e. The van der Waals surface area contributed by atoms with Crippen LogP contribution in [0.1, 0.15) is 55.6 Å². The van der Waals surface area contributed by atoms with E-state index in [0.29, 0.717) is 83.9 Å². The number of carbonyl (C=O) groups is 4. The second-order valence-electron chi connectivity index (χ2n) is 13.2. The van der Waals surface area contributed by atoms with E-state index in [2.05, 4.69) is 16.6 Å². The Hall–Kier alpha value is -5.63. The van der Waals surface area contributed by atoms with Crippen molar-refractivity contribution >= 4 is 63.0 Å². The minimum Gasteiger partial charge on any atom is -0.493 e. The van der Waals surface area contributed by atoms with Gasteiger partial charge in [-0.2, -0.15) is 0 Å². The minimum absolute atomic E-state index is 0.152. The van der Waals surface area contributed by atoms with E-state index < -0.39 is 30.2 Å². The third kappa shape index (κ3) is 9.85. The average Bonchev–Trinajstić information content (AvgIpc) is 3.86. The number of aliphatic carboxylic acids is 1. The van der Waals surface area contributed by atoms with E-state index >= 15 is 0 Å². The predicted molar refractivity (Wildman–Crippen MR) is 221 cm³/mol. The average molecular weight is 809 g/mol. The molecule has 0 spiro atoms. The number of carboxylic acids is 1. The maximum Gasteiger partial charge on any atom is 0.415 e. The molecule has 2 atom stereocenters. The number of nitrogens with one attached hydrogen (secondary N) is 1. The predicted octanol–water partition coefficient (Wildman–Crippen LogP) is 8.13. The molecule has 57 heavy (non-hydrogen) atoms. The van der Waals surface area contributed by atoms with Gasteiger partial charge < -0.3 is 48.5 Å². The lowest BCUT2D eigenvalue weighted by molar-refractivity contribution is -0.142. The Morgan fingerprint density at radius 3 is 2.18 bits per heavy atom. The largest absolute Gasteiger partial charge is 0.493 e. The third-order valence-corrected chi connectivity index (χ3v) is 9.89. The second kappa shape index (κ2) is 20.5. The lowest BCUT2D eigenvalue weighted by Crippen LogP contribution is -2.39. The first-order valence-electron chi connectivity index (χ1n) is 18.8. The van der Waals surface area contributed by atoms with Crippen molar-refractivity contribution in [2.75, 3.05) is 66.3 Å². The van der Waals surface area contributed by atoms with Crippen LogP contribution >= 0.6 is 11.6 Å². The van der Waals surface area contributed by atoms with Crippen molar-refractivity contribution in [2.45, 2.75) is 52.1 Å². The number of methoxy groups -OCH3 is 3. The normalized spacial score (nSPS) is 16.3. The van der Waals surface area contributed by atoms with Gasteiger partial charge in [0.05, 0.1) is 38.5 Å². The van der Waals surface area contributed by atoms with Crippen molar-refractivity contribution in [1.29, 1.82) is 0 Å². The van der Waals surface area contributed by atoms with Gasteiger partial charge in [0.2, 0.25) is 5.75 Å². The van der Waals surface area contributed by atoms with E-state index in [9.17, 15) is 24.3 Å². The van der Waals surface area contributed by atoms with E-state index in [0.717, 1.165) is 16.3 Å². The number of carboxylic acid groups (broad SMARTS) is 1. The number of H-pyrrole nitrogens is 1. The Morgan fingerprint density at radius 1 is 0.860 bits per heavy atom. The molecule has 2 aliphatic rings. The Bertz CT molecular complexity index is 2080. The molecular weight excluding hydrogens is 756 g/mol. The van der Waals surface area contributed by atoms with Gasteiger partial charge in [-0.3, -0.25) is 9.59 Å². The molecule has 0 saturated heterocycles. The van der Waals surface area contributed by atoms with Crippen molar-refractivity contribution in [3.05, 3.63) is 65.9 Å². The number of benzene rings is 3. The fourth-order valence-corrected chi connectivity index (χ4v) is 6.91. The molecule has 6 rings (SSSR count). The van der Waals surface area contributed by atoms with Crippen LogP contribution in [0, 0.1) is 5.92 Å². The highest BCUT2D eigenvalue weighted by Gasteiger charge is 2.31. The van der Waals surface area contributed by atoms with E-state index in [1.165, 1.54) is 37.5 Å². The zero-order valence-electron chi connectivity index (χ0n) is 33.8. The van der Waals surface area contributed by atoms with Crippen LogP contribution in [-0.2, 0) is 16.0 Å². The summed E-state index contributed by atoms with van der Waals surface area (Å²) in [6.07, 6.45) is 5.99. The van der Waals surface area contributed by atoms with E-state index in [1.54, 1.807) is 43.3 Å². The molecule has 0 fully saturated rings. The van der Waals surface area contributed by atoms with Gasteiger partial charge in [0.25, 0.3) is 5.91 Å². The molecule has 1 aliphatic heterocycles. The number of aromatic nitrogens is 1. The summed E-state index contributed by atoms with van der Waals surface area (Å²) < 4.78 is 28.2. The van der Waals surface area contributed by atoms with Crippen LogP contribution in [0.15, 0.2) is 54.6 Å². The Morgan fingerprint density at radius 2 is 1.53 bits per heavy atom. The minimum atomic E-state index is -0.841. The van der Waals surface area contributed by atoms with Crippen LogP contribution < -0.4 is 23.8 Å². The number of ether oxygens (including phenoxy) is 5. The van der Waals surface area contributed by atoms with Gasteiger partial charge in [0.15, 0.2) is 11.5 Å². The van der Waals surface area contributed by atoms with E-state index in [4.69, 9.17) is 23.7 Å². The molecule has 0 bridgehead atoms. The van der Waals surface area contributed by atoms with Crippen LogP contribution in [0.25, 0.3) is 21.7 Å². The third-order valence-electron chi connectivity index (χ3n) is 9.89. The number of anilines is 1. The van der Waals surface area contributed by atoms with Crippen molar-refractivity contribution < 1.29 is 48.0 Å². The van der Waals surface area contributed by atoms with Crippen LogP contribution in [-0.4, -0.2) is 111 Å². The Balaban J connectivity index is 0.00000174. The molecule has 1 aromatic heterocycles. The molecule has 0 saturated carbocycles. The molecule has 308 valence electrons. The number of carbonyl (C=O) groups excluding carboxylic acids is 3. The number of allylic oxidation sites excluding steroid dienone is 1. The zero-order chi connectivity index (χ0) is 41.8. The lowest BCUT2D eigenvalue weighted by Gasteiger charge is -2.25. The summed E-state index contributed by atoms with van der Waals surface area (Å²) in [6.45, 7) is 4.74. The van der Waals surface area contributed by atoms with Gasteiger partial charge in [-0.05, 0) is 61.3 Å². The summed E-state index contributed by atoms with van der Waals surface area (Å²) in [6, 6.07) is 12.8. The fraction of sp³-hybridized carbons (Fsp3) is 0.429. The number of likely N-dealkylation sites (N-methyl/N-ethyl adjacent to an activating group) is 2. The first kappa shape index (κ1) is 44.1. The lowest BCUT2D eigenvalue weighted by atomic mass is 9.93. The maximum atomic E-state index is 14.1. The summed E-state index contributed by atoms with van der Waals surface area (Å²) >= 11 is 4.64. The molecule has 15 heteroatoms. The molecule has 3 amide bonds. The Kier molecular flexibility index (Phi) is 15.9. The molecule has 4 aromatic rings. The number of hydrogen-bond acceptors (Lipinski definition) is 9. The maximum absolute atomic E-state index is 14.1. The van der Waals surface area contributed by atoms with Gasteiger partial charge in [-0.15, -0.1) is 11.6 Å². The van der Waals surface area contributed by atoms with Crippen LogP contribution in [0.5, 0.6) is 23.0 Å². The summed E-state index contributed by atoms with van der Waals surface area (Å²) in [4.78, 5) is 59.4. The molecule has 3 aromatic carbocycles. The van der Waals surface area contributed by atoms with E-state index in [1.807, 2.05) is 44.2 Å². The van der Waals surface area contributed by atoms with Crippen molar-refractivity contribution in [1.82, 2.24) is 14.8 Å². The standard InChI is InChI=1S/C39H44N4O10.C2H6.CH3Cl/c1-41(38(47)52-25-11-7-6-10-23(14-15-25)37(45)46)18-19-42(2)39(48)53-31-22-30-27(26-12-8-9-13-28(26)31)16-17-43(30)36(44)29-20-24-21-32(49-3)34(50-4)35(51-5)33(24)40-29;2*1-2/h7-9,11-13,20-23,25,40H,6,10,14-19H2,1-5H3,(H,45,46);1-2H3;1H3/b11-7+;;. The first-order valence-corrected chi connectivity index (χ1v) is 19.6. The molecule has 2 heterocycles. The molecule has 0 radical (unpaired) electrons. The molecule has 1 aliphatic carbocycles. The molecule has 2 N–H and O–H groups in total. The number of halogens is 1. The summed E-state index contributed by atoms with van der Waals surface area (Å²) in [5.41, 5.74) is 2.54. The van der Waals surface area contributed by atoms with Gasteiger partial charge >= 0.3 is 18.2 Å². The van der Waals surface area contributed by atoms with Gasteiger partial charge in [-0.1, -0.05) is 44.2 Å². The molecular formula is C42H53ClN4O10. The highest BCUT2D eigenvalue weighted by Crippen LogP contribution is 2.44. The molecule has 14 nitrogen and oxygen atoms in total. The fourth-order valence-electron chi connectivity index (χ4n) is 6.91. The van der Waals surface area contributed by atoms with Gasteiger partial charge in [0, 0.05) is 57.0 Å². The number of amides is 3. The Labute approximate surface area is 338 Å². The van der Waals surface area contributed by atoms with E-state index in [-0.39, 0.29) is 19.0 Å². The number of rotatable bonds is 10. The van der Waals surface area contributed by atoms with Crippen molar-refractivity contribution in [2.24, 2.45) is 5.92 Å². The number of nitrogens with zero attached hydrogens (tertiary/aromatic N) is 3. The summed E-state index contributed by atoms with van der Waals surface area (Å²) in [5.74, 6) is 0.0107. The monoisotopic (exact) mass is 808 g/mol. The molecule has 2 unspecified atom stereocenters. The van der Waals surface area contributed by atoms with Crippen LogP contribution in [0.3, 0.4) is 0 Å². The number of hydrogen-bond donors (Lipinski definition) is 2. The number of alkyl halides is 1. The van der Waals surface area contributed by atoms with Gasteiger partial charge in [0.1, 0.15) is 17.5 Å². The highest BCUT2D eigenvalue weighted by molar-refractivity contribution is 6.15. The van der Waals surface area contributed by atoms with Crippen molar-refractivity contribution in [3.8, 4) is 23.0 Å². The van der Waals surface area contributed by atoms with Crippen LogP contribution in [0.4, 0.5) is 15.3 Å². The quantitative estimate of drug-likeness (QED) is 0.118. The SMILES string of the molecule is CC.CCl.COc1cc2cc(C(=O)N3CCc4c3cc(OC(=O)N(C)CCN(C)C(=O)OC3/C=C/CCC(C(=O)O)CC3)c3ccccc43)[nH]c2c(OC)c1OC. The summed E-state index contributed by atoms with van der Waals surface area (Å²) in [5, 5.41) is 11.7. The highest BCUT2D eigenvalue weighted by atomic mass is 35.5. The van der Waals surface area contributed by atoms with Crippen molar-refractivity contribution in [3.63, 3.8) is 0 Å². The zero-order valence-corrected chi connectivity index (χ0v) is 34.6.